The molecule has 0 radical (unpaired) electrons. The van der Waals surface area contributed by atoms with Crippen LogP contribution in [0.4, 0.5) is 20.2 Å². The molecule has 7 heteroatoms. The Kier molecular flexibility index (Phi) is 5.03. The lowest BCUT2D eigenvalue weighted by molar-refractivity contribution is -0.121. The predicted molar refractivity (Wildman–Crippen MR) is 93.9 cm³/mol. The number of thioether (sulfide) groups is 1. The third kappa shape index (κ3) is 3.51. The first kappa shape index (κ1) is 17.4. The summed E-state index contributed by atoms with van der Waals surface area (Å²) in [5.74, 6) is -2.23. The fourth-order valence-corrected chi connectivity index (χ4v) is 3.64. The molecular formula is C18H16F2N2O2S. The first-order valence-corrected chi connectivity index (χ1v) is 8.77. The summed E-state index contributed by atoms with van der Waals surface area (Å²) in [7, 11) is 0. The zero-order valence-electron chi connectivity index (χ0n) is 13.5. The molecule has 0 unspecified atom stereocenters. The van der Waals surface area contributed by atoms with Crippen molar-refractivity contribution in [2.24, 2.45) is 0 Å². The van der Waals surface area contributed by atoms with Gasteiger partial charge in [-0.3, -0.25) is 9.59 Å². The van der Waals surface area contributed by atoms with Crippen molar-refractivity contribution < 1.29 is 18.4 Å². The second-order valence-electron chi connectivity index (χ2n) is 5.47. The van der Waals surface area contributed by atoms with Crippen LogP contribution in [0.1, 0.15) is 6.92 Å². The number of rotatable bonds is 4. The highest BCUT2D eigenvalue weighted by atomic mass is 32.2. The number of halogens is 2. The Balaban J connectivity index is 1.85. The van der Waals surface area contributed by atoms with Crippen molar-refractivity contribution in [3.63, 3.8) is 0 Å². The molecule has 0 atom stereocenters. The van der Waals surface area contributed by atoms with Gasteiger partial charge in [0, 0.05) is 23.2 Å². The van der Waals surface area contributed by atoms with E-state index in [9.17, 15) is 18.4 Å². The van der Waals surface area contributed by atoms with E-state index < -0.39 is 11.6 Å². The van der Waals surface area contributed by atoms with Crippen LogP contribution in [0.2, 0.25) is 0 Å². The SMILES string of the molecule is CCN(C(=O)CN1C(=O)CSc2ccccc21)c1ccc(F)c(F)c1. The number of para-hydroxylation sites is 1. The summed E-state index contributed by atoms with van der Waals surface area (Å²) >= 11 is 1.43. The molecule has 1 heterocycles. The smallest absolute Gasteiger partial charge is 0.247 e. The minimum Gasteiger partial charge on any atom is -0.311 e. The standard InChI is InChI=1S/C18H16F2N2O2S/c1-2-21(12-7-8-13(19)14(20)9-12)17(23)10-22-15-5-3-4-6-16(15)25-11-18(22)24/h3-9H,2,10-11H2,1H3. The Labute approximate surface area is 148 Å². The summed E-state index contributed by atoms with van der Waals surface area (Å²) in [4.78, 5) is 28.7. The molecule has 1 aliphatic rings. The Bertz CT molecular complexity index is 828. The van der Waals surface area contributed by atoms with Gasteiger partial charge in [-0.2, -0.15) is 0 Å². The molecule has 4 nitrogen and oxygen atoms in total. The summed E-state index contributed by atoms with van der Waals surface area (Å²) in [5, 5.41) is 0. The van der Waals surface area contributed by atoms with E-state index in [1.54, 1.807) is 13.0 Å². The van der Waals surface area contributed by atoms with Gasteiger partial charge >= 0.3 is 0 Å². The summed E-state index contributed by atoms with van der Waals surface area (Å²) < 4.78 is 26.6. The van der Waals surface area contributed by atoms with Crippen LogP contribution >= 0.6 is 11.8 Å². The second kappa shape index (κ2) is 7.23. The molecule has 0 bridgehead atoms. The number of likely N-dealkylation sites (N-methyl/N-ethyl adjacent to an activating group) is 1. The first-order chi connectivity index (χ1) is 12.0. The summed E-state index contributed by atoms with van der Waals surface area (Å²) in [6.07, 6.45) is 0. The molecule has 0 fully saturated rings. The highest BCUT2D eigenvalue weighted by Gasteiger charge is 2.28. The average Bonchev–Trinajstić information content (AvgIpc) is 2.61. The van der Waals surface area contributed by atoms with Gasteiger partial charge in [0.2, 0.25) is 11.8 Å². The van der Waals surface area contributed by atoms with E-state index in [2.05, 4.69) is 0 Å². The summed E-state index contributed by atoms with van der Waals surface area (Å²) in [6.45, 7) is 1.87. The maximum Gasteiger partial charge on any atom is 0.247 e. The molecule has 2 amide bonds. The average molecular weight is 362 g/mol. The molecule has 1 aliphatic heterocycles. The Morgan fingerprint density at radius 1 is 1.20 bits per heavy atom. The number of carbonyl (C=O) groups excluding carboxylic acids is 2. The third-order valence-corrected chi connectivity index (χ3v) is 4.98. The van der Waals surface area contributed by atoms with E-state index in [1.165, 1.54) is 27.6 Å². The van der Waals surface area contributed by atoms with Crippen LogP contribution < -0.4 is 9.80 Å². The molecule has 0 saturated heterocycles. The second-order valence-corrected chi connectivity index (χ2v) is 6.49. The van der Waals surface area contributed by atoms with Crippen LogP contribution in [0.15, 0.2) is 47.4 Å². The monoisotopic (exact) mass is 362 g/mol. The van der Waals surface area contributed by atoms with Crippen molar-refractivity contribution in [3.8, 4) is 0 Å². The molecule has 25 heavy (non-hydrogen) atoms. The van der Waals surface area contributed by atoms with Gasteiger partial charge in [-0.25, -0.2) is 8.78 Å². The lowest BCUT2D eigenvalue weighted by Gasteiger charge is -2.30. The lowest BCUT2D eigenvalue weighted by atomic mass is 10.2. The Morgan fingerprint density at radius 3 is 2.68 bits per heavy atom. The van der Waals surface area contributed by atoms with Crippen molar-refractivity contribution in [2.75, 3.05) is 28.6 Å². The largest absolute Gasteiger partial charge is 0.311 e. The third-order valence-electron chi connectivity index (χ3n) is 3.93. The van der Waals surface area contributed by atoms with Gasteiger partial charge in [0.05, 0.1) is 11.4 Å². The fourth-order valence-electron chi connectivity index (χ4n) is 2.70. The fraction of sp³-hybridized carbons (Fsp3) is 0.222. The van der Waals surface area contributed by atoms with E-state index >= 15 is 0 Å². The molecule has 2 aromatic rings. The minimum atomic E-state index is -1.01. The molecular weight excluding hydrogens is 346 g/mol. The minimum absolute atomic E-state index is 0.150. The zero-order valence-corrected chi connectivity index (χ0v) is 14.4. The number of amides is 2. The number of carbonyl (C=O) groups is 2. The quantitative estimate of drug-likeness (QED) is 0.836. The van der Waals surface area contributed by atoms with Crippen LogP contribution in [-0.4, -0.2) is 30.7 Å². The first-order valence-electron chi connectivity index (χ1n) is 7.79. The molecule has 0 aliphatic carbocycles. The van der Waals surface area contributed by atoms with Gasteiger partial charge in [0.15, 0.2) is 11.6 Å². The molecule has 0 saturated carbocycles. The topological polar surface area (TPSA) is 40.6 Å². The maximum absolute atomic E-state index is 13.5. The van der Waals surface area contributed by atoms with E-state index in [0.717, 1.165) is 17.0 Å². The Hall–Kier alpha value is -2.41. The van der Waals surface area contributed by atoms with Crippen molar-refractivity contribution in [1.29, 1.82) is 0 Å². The van der Waals surface area contributed by atoms with Gasteiger partial charge in [-0.15, -0.1) is 11.8 Å². The van der Waals surface area contributed by atoms with Gasteiger partial charge in [0.25, 0.3) is 0 Å². The van der Waals surface area contributed by atoms with Gasteiger partial charge < -0.3 is 9.80 Å². The van der Waals surface area contributed by atoms with Crippen molar-refractivity contribution >= 4 is 35.0 Å². The van der Waals surface area contributed by atoms with Crippen LogP contribution in [0.25, 0.3) is 0 Å². The van der Waals surface area contributed by atoms with E-state index in [4.69, 9.17) is 0 Å². The summed E-state index contributed by atoms with van der Waals surface area (Å²) in [6, 6.07) is 10.7. The normalized spacial score (nSPS) is 13.6. The number of anilines is 2. The number of fused-ring (bicyclic) bond motifs is 1. The van der Waals surface area contributed by atoms with Gasteiger partial charge in [-0.1, -0.05) is 12.1 Å². The molecule has 0 N–H and O–H groups in total. The predicted octanol–water partition coefficient (Wildman–Crippen LogP) is 3.46. The van der Waals surface area contributed by atoms with Crippen molar-refractivity contribution in [2.45, 2.75) is 11.8 Å². The maximum atomic E-state index is 13.5. The van der Waals surface area contributed by atoms with E-state index in [-0.39, 0.29) is 36.3 Å². The Morgan fingerprint density at radius 2 is 1.96 bits per heavy atom. The lowest BCUT2D eigenvalue weighted by Crippen LogP contribution is -2.45. The number of nitrogens with zero attached hydrogens (tertiary/aromatic N) is 2. The zero-order chi connectivity index (χ0) is 18.0. The molecule has 0 spiro atoms. The van der Waals surface area contributed by atoms with Crippen LogP contribution in [0, 0.1) is 11.6 Å². The highest BCUT2D eigenvalue weighted by Crippen LogP contribution is 2.35. The van der Waals surface area contributed by atoms with Crippen molar-refractivity contribution in [3.05, 3.63) is 54.1 Å². The molecule has 130 valence electrons. The van der Waals surface area contributed by atoms with Crippen LogP contribution in [-0.2, 0) is 9.59 Å². The number of benzene rings is 2. The highest BCUT2D eigenvalue weighted by molar-refractivity contribution is 8.00. The van der Waals surface area contributed by atoms with E-state index in [0.29, 0.717) is 5.69 Å². The molecule has 0 aromatic heterocycles. The summed E-state index contributed by atoms with van der Waals surface area (Å²) in [5.41, 5.74) is 0.956. The molecule has 3 rings (SSSR count). The number of hydrogen-bond acceptors (Lipinski definition) is 3. The number of hydrogen-bond donors (Lipinski definition) is 0. The van der Waals surface area contributed by atoms with Crippen molar-refractivity contribution in [1.82, 2.24) is 0 Å². The van der Waals surface area contributed by atoms with E-state index in [1.807, 2.05) is 18.2 Å². The van der Waals surface area contributed by atoms with Gasteiger partial charge in [-0.05, 0) is 31.2 Å². The van der Waals surface area contributed by atoms with Crippen LogP contribution in [0.5, 0.6) is 0 Å². The van der Waals surface area contributed by atoms with Crippen LogP contribution in [0.3, 0.4) is 0 Å². The molecule has 2 aromatic carbocycles. The van der Waals surface area contributed by atoms with Gasteiger partial charge in [0.1, 0.15) is 6.54 Å².